The highest BCUT2D eigenvalue weighted by atomic mass is 32.2. The molecular formula is C18H24N4O4S2. The Morgan fingerprint density at radius 2 is 2.00 bits per heavy atom. The second-order valence-corrected chi connectivity index (χ2v) is 9.55. The smallest absolute Gasteiger partial charge is 0.327 e. The molecule has 0 aliphatic heterocycles. The Hall–Kier alpha value is -2.17. The zero-order valence-corrected chi connectivity index (χ0v) is 17.7. The third-order valence-corrected chi connectivity index (χ3v) is 7.52. The van der Waals surface area contributed by atoms with Crippen molar-refractivity contribution in [1.82, 2.24) is 9.71 Å². The first-order valence-electron chi connectivity index (χ1n) is 9.05. The van der Waals surface area contributed by atoms with Gasteiger partial charge < -0.3 is 10.1 Å². The summed E-state index contributed by atoms with van der Waals surface area (Å²) in [5.74, 6) is 1.16. The monoisotopic (exact) mass is 424 g/mol. The van der Waals surface area contributed by atoms with Crippen molar-refractivity contribution in [2.45, 2.75) is 30.9 Å². The molecule has 3 rings (SSSR count). The topological polar surface area (TPSA) is 101 Å². The molecule has 0 atom stereocenters. The van der Waals surface area contributed by atoms with Crippen LogP contribution in [0, 0.1) is 12.8 Å². The van der Waals surface area contributed by atoms with E-state index in [1.54, 1.807) is 38.2 Å². The molecule has 1 fully saturated rings. The van der Waals surface area contributed by atoms with E-state index in [0.29, 0.717) is 35.6 Å². The Labute approximate surface area is 169 Å². The normalized spacial score (nSPS) is 14.0. The third-order valence-electron chi connectivity index (χ3n) is 4.25. The van der Waals surface area contributed by atoms with E-state index in [-0.39, 0.29) is 4.21 Å². The molecule has 28 heavy (non-hydrogen) atoms. The Morgan fingerprint density at radius 1 is 1.32 bits per heavy atom. The number of aryl methyl sites for hydroxylation is 1. The molecular weight excluding hydrogens is 400 g/mol. The van der Waals surface area contributed by atoms with E-state index in [0.717, 1.165) is 29.9 Å². The van der Waals surface area contributed by atoms with Gasteiger partial charge in [0.05, 0.1) is 12.3 Å². The van der Waals surface area contributed by atoms with Gasteiger partial charge in [-0.05, 0) is 56.9 Å². The van der Waals surface area contributed by atoms with Crippen molar-refractivity contribution < 1.29 is 17.9 Å². The Bertz CT molecular complexity index is 937. The van der Waals surface area contributed by atoms with Crippen molar-refractivity contribution in [3.8, 4) is 5.75 Å². The molecule has 2 amide bonds. The minimum absolute atomic E-state index is 0.142. The predicted molar refractivity (Wildman–Crippen MR) is 110 cm³/mol. The van der Waals surface area contributed by atoms with Crippen molar-refractivity contribution in [3.63, 3.8) is 0 Å². The molecule has 1 aliphatic carbocycles. The van der Waals surface area contributed by atoms with E-state index < -0.39 is 16.1 Å². The molecule has 8 nitrogen and oxygen atoms in total. The zero-order valence-electron chi connectivity index (χ0n) is 16.1. The first kappa shape index (κ1) is 20.6. The Morgan fingerprint density at radius 3 is 2.61 bits per heavy atom. The molecule has 1 aromatic carbocycles. The molecule has 1 saturated carbocycles. The lowest BCUT2D eigenvalue weighted by molar-refractivity contribution is 0.258. The number of carbonyl (C=O) groups excluding carboxylic acids is 1. The second-order valence-electron chi connectivity index (χ2n) is 6.61. The lowest BCUT2D eigenvalue weighted by Gasteiger charge is -2.15. The summed E-state index contributed by atoms with van der Waals surface area (Å²) in [5, 5.41) is 3.07. The first-order valence-corrected chi connectivity index (χ1v) is 11.3. The number of anilines is 2. The van der Waals surface area contributed by atoms with Crippen molar-refractivity contribution in [1.29, 1.82) is 0 Å². The number of rotatable bonds is 8. The van der Waals surface area contributed by atoms with Crippen LogP contribution in [0.1, 0.15) is 25.5 Å². The van der Waals surface area contributed by atoms with Crippen LogP contribution in [0.25, 0.3) is 0 Å². The largest absolute Gasteiger partial charge is 0.494 e. The van der Waals surface area contributed by atoms with Crippen molar-refractivity contribution in [3.05, 3.63) is 30.0 Å². The summed E-state index contributed by atoms with van der Waals surface area (Å²) in [5.41, 5.74) is 0.983. The number of benzene rings is 1. The van der Waals surface area contributed by atoms with Gasteiger partial charge in [-0.15, -0.1) is 0 Å². The molecule has 10 heteroatoms. The first-order chi connectivity index (χ1) is 13.3. The number of nitrogens with one attached hydrogen (secondary N) is 2. The molecule has 0 bridgehead atoms. The maximum absolute atomic E-state index is 12.5. The summed E-state index contributed by atoms with van der Waals surface area (Å²) >= 11 is 0.978. The van der Waals surface area contributed by atoms with Gasteiger partial charge in [-0.25, -0.2) is 22.9 Å². The number of hydrogen-bond donors (Lipinski definition) is 2. The molecule has 1 heterocycles. The van der Waals surface area contributed by atoms with Gasteiger partial charge in [0.1, 0.15) is 5.75 Å². The van der Waals surface area contributed by atoms with Crippen molar-refractivity contribution in [2.75, 3.05) is 30.4 Å². The Balaban J connectivity index is 1.67. The Kier molecular flexibility index (Phi) is 6.21. The summed E-state index contributed by atoms with van der Waals surface area (Å²) in [4.78, 5) is 18.1. The lowest BCUT2D eigenvalue weighted by Crippen LogP contribution is -2.31. The van der Waals surface area contributed by atoms with Crippen LogP contribution in [0.3, 0.4) is 0 Å². The number of carbonyl (C=O) groups is 1. The minimum atomic E-state index is -3.62. The minimum Gasteiger partial charge on any atom is -0.494 e. The number of amides is 2. The molecule has 1 aromatic heterocycles. The maximum Gasteiger partial charge on any atom is 0.327 e. The number of hydrogen-bond acceptors (Lipinski definition) is 6. The zero-order chi connectivity index (χ0) is 20.3. The van der Waals surface area contributed by atoms with Crippen LogP contribution in [-0.2, 0) is 10.0 Å². The number of nitrogens with zero attached hydrogens (tertiary/aromatic N) is 2. The van der Waals surface area contributed by atoms with Crippen LogP contribution in [0.15, 0.2) is 28.5 Å². The number of urea groups is 1. The van der Waals surface area contributed by atoms with Gasteiger partial charge in [0.25, 0.3) is 10.0 Å². The van der Waals surface area contributed by atoms with E-state index in [1.807, 2.05) is 6.92 Å². The summed E-state index contributed by atoms with van der Waals surface area (Å²) in [6.07, 6.45) is 2.12. The maximum atomic E-state index is 12.5. The molecule has 1 aliphatic rings. The van der Waals surface area contributed by atoms with Crippen molar-refractivity contribution >= 4 is 38.2 Å². The SMILES string of the molecule is CCOc1ccc(NC(=O)N(C)c2nc(C)c(S(=O)(=O)NCC3CC3)s2)cc1. The standard InChI is InChI=1S/C18H24N4O4S2/c1-4-26-15-9-7-14(8-10-15)21-17(23)22(3)18-20-12(2)16(27-18)28(24,25)19-11-13-5-6-13/h7-10,13,19H,4-6,11H2,1-3H3,(H,21,23). The van der Waals surface area contributed by atoms with Gasteiger partial charge in [0.2, 0.25) is 0 Å². The van der Waals surface area contributed by atoms with Gasteiger partial charge >= 0.3 is 6.03 Å². The molecule has 2 N–H and O–H groups in total. The highest BCUT2D eigenvalue weighted by Gasteiger charge is 2.28. The van der Waals surface area contributed by atoms with Crippen LogP contribution in [0.4, 0.5) is 15.6 Å². The second kappa shape index (κ2) is 8.46. The summed E-state index contributed by atoms with van der Waals surface area (Å²) < 4.78 is 33.1. The fourth-order valence-electron chi connectivity index (χ4n) is 2.47. The van der Waals surface area contributed by atoms with Gasteiger partial charge in [0, 0.05) is 19.3 Å². The number of thiazole rings is 1. The van der Waals surface area contributed by atoms with Crippen LogP contribution >= 0.6 is 11.3 Å². The van der Waals surface area contributed by atoms with Crippen LogP contribution in [-0.4, -0.2) is 39.6 Å². The van der Waals surface area contributed by atoms with Gasteiger partial charge in [-0.1, -0.05) is 11.3 Å². The van der Waals surface area contributed by atoms with Crippen molar-refractivity contribution in [2.24, 2.45) is 5.92 Å². The number of ether oxygens (including phenoxy) is 1. The van der Waals surface area contributed by atoms with E-state index in [9.17, 15) is 13.2 Å². The van der Waals surface area contributed by atoms with Gasteiger partial charge in [-0.3, -0.25) is 4.90 Å². The van der Waals surface area contributed by atoms with Crippen LogP contribution in [0.2, 0.25) is 0 Å². The van der Waals surface area contributed by atoms with E-state index in [4.69, 9.17) is 4.74 Å². The van der Waals surface area contributed by atoms with Crippen LogP contribution < -0.4 is 19.7 Å². The average molecular weight is 425 g/mol. The average Bonchev–Trinajstić information content (AvgIpc) is 3.41. The number of sulfonamides is 1. The summed E-state index contributed by atoms with van der Waals surface area (Å²) in [7, 11) is -2.07. The van der Waals surface area contributed by atoms with E-state index in [2.05, 4.69) is 15.0 Å². The highest BCUT2D eigenvalue weighted by Crippen LogP contribution is 2.31. The molecule has 0 saturated heterocycles. The fraction of sp³-hybridized carbons (Fsp3) is 0.444. The molecule has 0 radical (unpaired) electrons. The molecule has 0 spiro atoms. The number of aromatic nitrogens is 1. The quantitative estimate of drug-likeness (QED) is 0.678. The molecule has 2 aromatic rings. The van der Waals surface area contributed by atoms with E-state index >= 15 is 0 Å². The van der Waals surface area contributed by atoms with Gasteiger partial charge in [0.15, 0.2) is 9.34 Å². The summed E-state index contributed by atoms with van der Waals surface area (Å²) in [6, 6.07) is 6.60. The van der Waals surface area contributed by atoms with E-state index in [1.165, 1.54) is 4.90 Å². The third kappa shape index (κ3) is 5.00. The van der Waals surface area contributed by atoms with Crippen LogP contribution in [0.5, 0.6) is 5.75 Å². The molecule has 0 unspecified atom stereocenters. The molecule has 152 valence electrons. The fourth-order valence-corrected chi connectivity index (χ4v) is 5.09. The van der Waals surface area contributed by atoms with Gasteiger partial charge in [-0.2, -0.15) is 0 Å². The summed E-state index contributed by atoms with van der Waals surface area (Å²) in [6.45, 7) is 4.54. The predicted octanol–water partition coefficient (Wildman–Crippen LogP) is 3.21. The highest BCUT2D eigenvalue weighted by molar-refractivity contribution is 7.91. The lowest BCUT2D eigenvalue weighted by atomic mass is 10.3.